The Kier molecular flexibility index (Phi) is 4.98. The van der Waals surface area contributed by atoms with E-state index in [9.17, 15) is 9.59 Å². The standard InChI is InChI=1S/C17H24N2O3/c1-10-7-11(2)16(13(4)20)12(3)14(10)8-19-5-6-22-15(9-19)17(18)21/h7,15H,5-6,8-9H2,1-4H3,(H2,18,21)/t15-/m1/s1. The maximum Gasteiger partial charge on any atom is 0.247 e. The molecule has 0 radical (unpaired) electrons. The minimum Gasteiger partial charge on any atom is -0.367 e. The first-order chi connectivity index (χ1) is 10.3. The number of nitrogens with two attached hydrogens (primary N) is 1. The van der Waals surface area contributed by atoms with Crippen LogP contribution in [0.1, 0.15) is 39.5 Å². The number of Topliss-reactive ketones (excluding diaryl/α,β-unsaturated/α-hetero) is 1. The summed E-state index contributed by atoms with van der Waals surface area (Å²) in [6.45, 7) is 10.1. The molecule has 1 aliphatic heterocycles. The van der Waals surface area contributed by atoms with Crippen molar-refractivity contribution in [1.29, 1.82) is 0 Å². The molecule has 0 saturated carbocycles. The molecule has 1 aromatic carbocycles. The number of carbonyl (C=O) groups excluding carboxylic acids is 2. The quantitative estimate of drug-likeness (QED) is 0.856. The van der Waals surface area contributed by atoms with Gasteiger partial charge in [0, 0.05) is 25.2 Å². The van der Waals surface area contributed by atoms with E-state index >= 15 is 0 Å². The molecule has 1 amide bonds. The Morgan fingerprint density at radius 3 is 2.59 bits per heavy atom. The van der Waals surface area contributed by atoms with Crippen LogP contribution in [0.25, 0.3) is 0 Å². The Morgan fingerprint density at radius 2 is 2.00 bits per heavy atom. The molecule has 5 heteroatoms. The first-order valence-electron chi connectivity index (χ1n) is 7.55. The molecule has 2 N–H and O–H groups in total. The van der Waals surface area contributed by atoms with Crippen molar-refractivity contribution in [3.05, 3.63) is 33.9 Å². The number of aryl methyl sites for hydroxylation is 2. The number of nitrogens with zero attached hydrogens (tertiary/aromatic N) is 1. The van der Waals surface area contributed by atoms with Gasteiger partial charge in [-0.25, -0.2) is 0 Å². The number of carbonyl (C=O) groups is 2. The average molecular weight is 304 g/mol. The molecule has 0 aromatic heterocycles. The van der Waals surface area contributed by atoms with Crippen LogP contribution in [0.3, 0.4) is 0 Å². The molecular weight excluding hydrogens is 280 g/mol. The van der Waals surface area contributed by atoms with Gasteiger partial charge >= 0.3 is 0 Å². The monoisotopic (exact) mass is 304 g/mol. The summed E-state index contributed by atoms with van der Waals surface area (Å²) >= 11 is 0. The second kappa shape index (κ2) is 6.58. The highest BCUT2D eigenvalue weighted by molar-refractivity contribution is 5.97. The first-order valence-corrected chi connectivity index (χ1v) is 7.55. The number of benzene rings is 1. The zero-order valence-electron chi connectivity index (χ0n) is 13.7. The Bertz CT molecular complexity index is 610. The smallest absolute Gasteiger partial charge is 0.247 e. The molecule has 0 spiro atoms. The van der Waals surface area contributed by atoms with Crippen LogP contribution < -0.4 is 5.73 Å². The topological polar surface area (TPSA) is 72.6 Å². The van der Waals surface area contributed by atoms with Crippen LogP contribution in [0.2, 0.25) is 0 Å². The highest BCUT2D eigenvalue weighted by Crippen LogP contribution is 2.24. The third-order valence-corrected chi connectivity index (χ3v) is 4.33. The summed E-state index contributed by atoms with van der Waals surface area (Å²) in [5, 5.41) is 0. The number of ketones is 1. The van der Waals surface area contributed by atoms with Crippen molar-refractivity contribution >= 4 is 11.7 Å². The summed E-state index contributed by atoms with van der Waals surface area (Å²) in [6.07, 6.45) is -0.549. The van der Waals surface area contributed by atoms with Gasteiger partial charge in [-0.3, -0.25) is 14.5 Å². The molecule has 5 nitrogen and oxygen atoms in total. The van der Waals surface area contributed by atoms with Gasteiger partial charge in [0.2, 0.25) is 5.91 Å². The molecule has 1 fully saturated rings. The van der Waals surface area contributed by atoms with Gasteiger partial charge in [0.05, 0.1) is 6.61 Å². The SMILES string of the molecule is CC(=O)c1c(C)cc(C)c(CN2CCO[C@@H](C(N)=O)C2)c1C. The van der Waals surface area contributed by atoms with Crippen molar-refractivity contribution in [3.63, 3.8) is 0 Å². The Labute approximate surface area is 131 Å². The van der Waals surface area contributed by atoms with Gasteiger partial charge in [0.15, 0.2) is 5.78 Å². The number of hydrogen-bond donors (Lipinski definition) is 1. The van der Waals surface area contributed by atoms with Gasteiger partial charge in [0.1, 0.15) is 6.10 Å². The van der Waals surface area contributed by atoms with Crippen molar-refractivity contribution in [2.75, 3.05) is 19.7 Å². The summed E-state index contributed by atoms with van der Waals surface area (Å²) in [5.74, 6) is -0.334. The fourth-order valence-electron chi connectivity index (χ4n) is 3.25. The molecular formula is C17H24N2O3. The van der Waals surface area contributed by atoms with Crippen LogP contribution in [0, 0.1) is 20.8 Å². The molecule has 0 bridgehead atoms. The lowest BCUT2D eigenvalue weighted by Gasteiger charge is -2.32. The molecule has 120 valence electrons. The molecule has 1 heterocycles. The molecule has 1 atom stereocenters. The lowest BCUT2D eigenvalue weighted by molar-refractivity contribution is -0.135. The van der Waals surface area contributed by atoms with E-state index in [1.807, 2.05) is 13.8 Å². The van der Waals surface area contributed by atoms with Crippen LogP contribution in [0.15, 0.2) is 6.07 Å². The van der Waals surface area contributed by atoms with Crippen LogP contribution in [0.4, 0.5) is 0 Å². The van der Waals surface area contributed by atoms with Gasteiger partial charge < -0.3 is 10.5 Å². The molecule has 1 aliphatic rings. The average Bonchev–Trinajstić information content (AvgIpc) is 2.43. The first kappa shape index (κ1) is 16.6. The van der Waals surface area contributed by atoms with E-state index in [1.165, 1.54) is 5.56 Å². The summed E-state index contributed by atoms with van der Waals surface area (Å²) in [6, 6.07) is 2.06. The molecule has 0 unspecified atom stereocenters. The Morgan fingerprint density at radius 1 is 1.32 bits per heavy atom. The second-order valence-corrected chi connectivity index (χ2v) is 6.04. The van der Waals surface area contributed by atoms with E-state index in [4.69, 9.17) is 10.5 Å². The number of hydrogen-bond acceptors (Lipinski definition) is 4. The summed E-state index contributed by atoms with van der Waals surface area (Å²) in [5.41, 5.74) is 10.5. The Balaban J connectivity index is 2.28. The third-order valence-electron chi connectivity index (χ3n) is 4.33. The highest BCUT2D eigenvalue weighted by atomic mass is 16.5. The maximum atomic E-state index is 11.9. The van der Waals surface area contributed by atoms with E-state index in [1.54, 1.807) is 6.92 Å². The zero-order chi connectivity index (χ0) is 16.4. The Hall–Kier alpha value is -1.72. The van der Waals surface area contributed by atoms with Crippen molar-refractivity contribution in [2.45, 2.75) is 40.3 Å². The molecule has 1 saturated heterocycles. The number of morpholine rings is 1. The molecule has 2 rings (SSSR count). The summed E-state index contributed by atoms with van der Waals surface area (Å²) < 4.78 is 5.38. The molecule has 0 aliphatic carbocycles. The fraction of sp³-hybridized carbons (Fsp3) is 0.529. The van der Waals surface area contributed by atoms with Gasteiger partial charge in [0.25, 0.3) is 0 Å². The van der Waals surface area contributed by atoms with E-state index in [0.29, 0.717) is 19.7 Å². The third kappa shape index (κ3) is 3.36. The predicted molar refractivity (Wildman–Crippen MR) is 84.9 cm³/mol. The van der Waals surface area contributed by atoms with E-state index in [0.717, 1.165) is 28.8 Å². The van der Waals surface area contributed by atoms with Crippen molar-refractivity contribution < 1.29 is 14.3 Å². The van der Waals surface area contributed by atoms with Crippen LogP contribution in [0.5, 0.6) is 0 Å². The minimum absolute atomic E-state index is 0.0910. The fourth-order valence-corrected chi connectivity index (χ4v) is 3.25. The van der Waals surface area contributed by atoms with Crippen LogP contribution in [-0.2, 0) is 16.1 Å². The second-order valence-electron chi connectivity index (χ2n) is 6.04. The number of ether oxygens (including phenoxy) is 1. The maximum absolute atomic E-state index is 11.9. The molecule has 1 aromatic rings. The van der Waals surface area contributed by atoms with Gasteiger partial charge in [-0.1, -0.05) is 6.07 Å². The van der Waals surface area contributed by atoms with Gasteiger partial charge in [-0.15, -0.1) is 0 Å². The van der Waals surface area contributed by atoms with E-state index in [2.05, 4.69) is 17.9 Å². The van der Waals surface area contributed by atoms with Gasteiger partial charge in [-0.05, 0) is 49.9 Å². The van der Waals surface area contributed by atoms with Crippen LogP contribution in [-0.4, -0.2) is 42.4 Å². The molecule has 22 heavy (non-hydrogen) atoms. The van der Waals surface area contributed by atoms with Gasteiger partial charge in [-0.2, -0.15) is 0 Å². The highest BCUT2D eigenvalue weighted by Gasteiger charge is 2.26. The lowest BCUT2D eigenvalue weighted by Crippen LogP contribution is -2.48. The number of primary amides is 1. The number of rotatable bonds is 4. The normalized spacial score (nSPS) is 19.2. The predicted octanol–water partition coefficient (Wildman–Crippen LogP) is 1.50. The van der Waals surface area contributed by atoms with E-state index < -0.39 is 12.0 Å². The largest absolute Gasteiger partial charge is 0.367 e. The minimum atomic E-state index is -0.549. The van der Waals surface area contributed by atoms with Crippen molar-refractivity contribution in [3.8, 4) is 0 Å². The summed E-state index contributed by atoms with van der Waals surface area (Å²) in [7, 11) is 0. The van der Waals surface area contributed by atoms with Crippen LogP contribution >= 0.6 is 0 Å². The van der Waals surface area contributed by atoms with E-state index in [-0.39, 0.29) is 5.78 Å². The van der Waals surface area contributed by atoms with Crippen molar-refractivity contribution in [2.24, 2.45) is 5.73 Å². The van der Waals surface area contributed by atoms with Crippen molar-refractivity contribution in [1.82, 2.24) is 4.90 Å². The number of amides is 1. The zero-order valence-corrected chi connectivity index (χ0v) is 13.7. The lowest BCUT2D eigenvalue weighted by atomic mass is 9.91. The summed E-state index contributed by atoms with van der Waals surface area (Å²) in [4.78, 5) is 25.3.